The zero-order valence-electron chi connectivity index (χ0n) is 12.4. The molecule has 20 heavy (non-hydrogen) atoms. The molecule has 2 aliphatic rings. The molecule has 0 aromatic carbocycles. The summed E-state index contributed by atoms with van der Waals surface area (Å²) in [5.41, 5.74) is 2.38. The molecule has 1 aliphatic heterocycles. The lowest BCUT2D eigenvalue weighted by molar-refractivity contribution is -0.165. The molecule has 1 aliphatic carbocycles. The predicted molar refractivity (Wildman–Crippen MR) is 78.0 cm³/mol. The van der Waals surface area contributed by atoms with Crippen LogP contribution in [0.5, 0.6) is 0 Å². The van der Waals surface area contributed by atoms with E-state index in [1.165, 1.54) is 5.57 Å². The first-order chi connectivity index (χ1) is 9.60. The SMILES string of the molecule is CC1=CC(C)[C@@]2(CO)COC(c3cccnc3)[C@@H]1C2C. The maximum atomic E-state index is 9.96. The molecule has 2 bridgehead atoms. The molecule has 1 aromatic heterocycles. The van der Waals surface area contributed by atoms with E-state index in [2.05, 4.69) is 37.9 Å². The zero-order chi connectivity index (χ0) is 14.3. The van der Waals surface area contributed by atoms with Gasteiger partial charge in [0.1, 0.15) is 0 Å². The van der Waals surface area contributed by atoms with Crippen LogP contribution >= 0.6 is 0 Å². The summed E-state index contributed by atoms with van der Waals surface area (Å²) >= 11 is 0. The molecule has 5 atom stereocenters. The fourth-order valence-corrected chi connectivity index (χ4v) is 4.13. The number of ether oxygens (including phenoxy) is 1. The van der Waals surface area contributed by atoms with Crippen LogP contribution in [0.3, 0.4) is 0 Å². The Hall–Kier alpha value is -1.19. The van der Waals surface area contributed by atoms with Gasteiger partial charge in [-0.2, -0.15) is 0 Å². The van der Waals surface area contributed by atoms with Crippen molar-refractivity contribution in [2.45, 2.75) is 26.9 Å². The number of allylic oxidation sites excluding steroid dienone is 1. The van der Waals surface area contributed by atoms with Gasteiger partial charge in [-0.1, -0.05) is 31.6 Å². The molecule has 0 amide bonds. The smallest absolute Gasteiger partial charge is 0.0907 e. The van der Waals surface area contributed by atoms with Crippen LogP contribution in [-0.2, 0) is 4.74 Å². The zero-order valence-corrected chi connectivity index (χ0v) is 12.4. The highest BCUT2D eigenvalue weighted by Crippen LogP contribution is 2.55. The van der Waals surface area contributed by atoms with Gasteiger partial charge in [0.15, 0.2) is 0 Å². The third kappa shape index (κ3) is 1.84. The quantitative estimate of drug-likeness (QED) is 0.842. The van der Waals surface area contributed by atoms with Crippen molar-refractivity contribution in [3.05, 3.63) is 41.7 Å². The van der Waals surface area contributed by atoms with Crippen molar-refractivity contribution in [3.8, 4) is 0 Å². The summed E-state index contributed by atoms with van der Waals surface area (Å²) in [4.78, 5) is 4.22. The average Bonchev–Trinajstić information content (AvgIpc) is 2.46. The summed E-state index contributed by atoms with van der Waals surface area (Å²) in [6.45, 7) is 7.46. The van der Waals surface area contributed by atoms with Crippen LogP contribution in [0, 0.1) is 23.2 Å². The van der Waals surface area contributed by atoms with Gasteiger partial charge in [0, 0.05) is 23.7 Å². The number of rotatable bonds is 2. The van der Waals surface area contributed by atoms with Crippen molar-refractivity contribution in [1.82, 2.24) is 4.98 Å². The van der Waals surface area contributed by atoms with Gasteiger partial charge in [-0.15, -0.1) is 0 Å². The highest BCUT2D eigenvalue weighted by atomic mass is 16.5. The molecule has 1 fully saturated rings. The Balaban J connectivity index is 2.02. The lowest BCUT2D eigenvalue weighted by Gasteiger charge is -2.55. The highest BCUT2D eigenvalue weighted by Gasteiger charge is 2.53. The minimum atomic E-state index is -0.136. The minimum absolute atomic E-state index is 0.0575. The van der Waals surface area contributed by atoms with E-state index in [4.69, 9.17) is 4.74 Å². The number of fused-ring (bicyclic) bond motifs is 2. The summed E-state index contributed by atoms with van der Waals surface area (Å²) in [6, 6.07) is 4.05. The Bertz CT molecular complexity index is 513. The van der Waals surface area contributed by atoms with Crippen molar-refractivity contribution in [3.63, 3.8) is 0 Å². The second-order valence-electron chi connectivity index (χ2n) is 6.42. The number of nitrogens with zero attached hydrogens (tertiary/aromatic N) is 1. The Morgan fingerprint density at radius 1 is 1.45 bits per heavy atom. The van der Waals surface area contributed by atoms with E-state index in [1.54, 1.807) is 6.20 Å². The van der Waals surface area contributed by atoms with Crippen LogP contribution in [0.4, 0.5) is 0 Å². The number of pyridine rings is 1. The van der Waals surface area contributed by atoms with E-state index in [9.17, 15) is 5.11 Å². The summed E-state index contributed by atoms with van der Waals surface area (Å²) in [5.74, 6) is 1.09. The highest BCUT2D eigenvalue weighted by molar-refractivity contribution is 5.26. The molecule has 0 radical (unpaired) electrons. The van der Waals surface area contributed by atoms with E-state index in [0.717, 1.165) is 5.56 Å². The first kappa shape index (κ1) is 13.8. The number of hydrogen-bond donors (Lipinski definition) is 1. The van der Waals surface area contributed by atoms with Crippen LogP contribution in [0.25, 0.3) is 0 Å². The minimum Gasteiger partial charge on any atom is -0.396 e. The van der Waals surface area contributed by atoms with Crippen LogP contribution in [-0.4, -0.2) is 23.3 Å². The van der Waals surface area contributed by atoms with E-state index in [-0.39, 0.29) is 18.1 Å². The molecule has 3 heteroatoms. The van der Waals surface area contributed by atoms with Gasteiger partial charge in [-0.05, 0) is 30.4 Å². The third-order valence-corrected chi connectivity index (χ3v) is 5.56. The fraction of sp³-hybridized carbons (Fsp3) is 0.588. The number of aromatic nitrogens is 1. The first-order valence-corrected chi connectivity index (χ1v) is 7.41. The van der Waals surface area contributed by atoms with Gasteiger partial charge in [-0.3, -0.25) is 4.98 Å². The van der Waals surface area contributed by atoms with Gasteiger partial charge < -0.3 is 9.84 Å². The molecule has 0 spiro atoms. The lowest BCUT2D eigenvalue weighted by Crippen LogP contribution is -2.53. The molecule has 1 saturated heterocycles. The molecule has 1 N–H and O–H groups in total. The average molecular weight is 273 g/mol. The molecular weight excluding hydrogens is 250 g/mol. The number of aliphatic hydroxyl groups is 1. The summed E-state index contributed by atoms with van der Waals surface area (Å²) in [6.07, 6.45) is 6.07. The van der Waals surface area contributed by atoms with E-state index < -0.39 is 0 Å². The van der Waals surface area contributed by atoms with Gasteiger partial charge in [-0.25, -0.2) is 0 Å². The first-order valence-electron chi connectivity index (χ1n) is 7.41. The molecule has 108 valence electrons. The van der Waals surface area contributed by atoms with Gasteiger partial charge in [0.25, 0.3) is 0 Å². The van der Waals surface area contributed by atoms with Crippen molar-refractivity contribution in [1.29, 1.82) is 0 Å². The third-order valence-electron chi connectivity index (χ3n) is 5.56. The molecule has 3 unspecified atom stereocenters. The Morgan fingerprint density at radius 3 is 2.90 bits per heavy atom. The maximum Gasteiger partial charge on any atom is 0.0907 e. The predicted octanol–water partition coefficient (Wildman–Crippen LogP) is 2.98. The van der Waals surface area contributed by atoms with Crippen molar-refractivity contribution >= 4 is 0 Å². The molecule has 3 rings (SSSR count). The topological polar surface area (TPSA) is 42.4 Å². The maximum absolute atomic E-state index is 9.96. The number of hydrogen-bond acceptors (Lipinski definition) is 3. The monoisotopic (exact) mass is 273 g/mol. The Morgan fingerprint density at radius 2 is 2.25 bits per heavy atom. The fourth-order valence-electron chi connectivity index (χ4n) is 4.13. The van der Waals surface area contributed by atoms with E-state index in [0.29, 0.717) is 24.4 Å². The van der Waals surface area contributed by atoms with Crippen molar-refractivity contribution in [2.75, 3.05) is 13.2 Å². The number of aliphatic hydroxyl groups excluding tert-OH is 1. The van der Waals surface area contributed by atoms with Crippen molar-refractivity contribution in [2.24, 2.45) is 23.2 Å². The summed E-state index contributed by atoms with van der Waals surface area (Å²) in [7, 11) is 0. The largest absolute Gasteiger partial charge is 0.396 e. The summed E-state index contributed by atoms with van der Waals surface area (Å²) in [5, 5.41) is 9.96. The second-order valence-corrected chi connectivity index (χ2v) is 6.42. The van der Waals surface area contributed by atoms with Crippen LogP contribution in [0.15, 0.2) is 36.2 Å². The standard InChI is InChI=1S/C17H23NO2/c1-11-7-12(2)17(9-19)10-20-16(15(11)13(17)3)14-5-4-6-18-8-14/h4-8,12-13,15-16,19H,9-10H2,1-3H3/t12?,13?,15-,16?,17+/m0/s1. The lowest BCUT2D eigenvalue weighted by atomic mass is 9.56. The molecular formula is C17H23NO2. The van der Waals surface area contributed by atoms with E-state index >= 15 is 0 Å². The normalized spacial score (nSPS) is 40.3. The summed E-state index contributed by atoms with van der Waals surface area (Å²) < 4.78 is 6.20. The van der Waals surface area contributed by atoms with Crippen LogP contribution in [0.1, 0.15) is 32.4 Å². The molecule has 1 aromatic rings. The second kappa shape index (κ2) is 4.97. The molecule has 0 saturated carbocycles. The Labute approximate surface area is 120 Å². The van der Waals surface area contributed by atoms with Gasteiger partial charge in [0.2, 0.25) is 0 Å². The van der Waals surface area contributed by atoms with Gasteiger partial charge in [0.05, 0.1) is 19.3 Å². The van der Waals surface area contributed by atoms with Gasteiger partial charge >= 0.3 is 0 Å². The van der Waals surface area contributed by atoms with Crippen LogP contribution in [0.2, 0.25) is 0 Å². The Kier molecular flexibility index (Phi) is 3.43. The molecule has 2 heterocycles. The van der Waals surface area contributed by atoms with E-state index in [1.807, 2.05) is 12.3 Å². The van der Waals surface area contributed by atoms with Crippen molar-refractivity contribution < 1.29 is 9.84 Å². The molecule has 3 nitrogen and oxygen atoms in total. The van der Waals surface area contributed by atoms with Crippen LogP contribution < -0.4 is 0 Å².